The van der Waals surface area contributed by atoms with Crippen molar-refractivity contribution >= 4 is 28.2 Å². The lowest BCUT2D eigenvalue weighted by Crippen LogP contribution is -2.19. The molecule has 3 N–H and O–H groups in total. The predicted molar refractivity (Wildman–Crippen MR) is 88.4 cm³/mol. The highest BCUT2D eigenvalue weighted by molar-refractivity contribution is 7.17. The van der Waals surface area contributed by atoms with Gasteiger partial charge in [-0.15, -0.1) is 11.3 Å². The van der Waals surface area contributed by atoms with E-state index in [9.17, 15) is 9.59 Å². The van der Waals surface area contributed by atoms with Gasteiger partial charge in [-0.05, 0) is 42.9 Å². The molecule has 0 saturated heterocycles. The van der Waals surface area contributed by atoms with Gasteiger partial charge in [-0.2, -0.15) is 0 Å². The highest BCUT2D eigenvalue weighted by Gasteiger charge is 2.27. The smallest absolute Gasteiger partial charge is 0.256 e. The van der Waals surface area contributed by atoms with Crippen molar-refractivity contribution in [3.05, 3.63) is 51.9 Å². The van der Waals surface area contributed by atoms with Crippen LogP contribution in [0.5, 0.6) is 0 Å². The molecule has 1 aromatic carbocycles. The largest absolute Gasteiger partial charge is 0.365 e. The molecule has 1 aromatic heterocycles. The number of carbonyl (C=O) groups is 2. The van der Waals surface area contributed by atoms with Crippen LogP contribution in [-0.2, 0) is 12.8 Å². The molecule has 5 heteroatoms. The second-order valence-electron chi connectivity index (χ2n) is 5.74. The van der Waals surface area contributed by atoms with Gasteiger partial charge in [0.15, 0.2) is 0 Å². The first kappa shape index (κ1) is 14.8. The zero-order valence-electron chi connectivity index (χ0n) is 12.4. The lowest BCUT2D eigenvalue weighted by Gasteiger charge is -2.18. The lowest BCUT2D eigenvalue weighted by molar-refractivity contribution is 0.1000. The summed E-state index contributed by atoms with van der Waals surface area (Å²) in [6.07, 6.45) is 2.85. The molecular weight excluding hydrogens is 296 g/mol. The second-order valence-corrected chi connectivity index (χ2v) is 6.85. The van der Waals surface area contributed by atoms with Gasteiger partial charge in [-0.1, -0.05) is 25.1 Å². The third-order valence-corrected chi connectivity index (χ3v) is 5.19. The predicted octanol–water partition coefficient (Wildman–Crippen LogP) is 3.22. The summed E-state index contributed by atoms with van der Waals surface area (Å²) in [4.78, 5) is 25.3. The molecule has 0 saturated carbocycles. The summed E-state index contributed by atoms with van der Waals surface area (Å²) in [5, 5.41) is 3.44. The van der Waals surface area contributed by atoms with Gasteiger partial charge in [-0.25, -0.2) is 0 Å². The van der Waals surface area contributed by atoms with E-state index in [0.29, 0.717) is 22.0 Å². The summed E-state index contributed by atoms with van der Waals surface area (Å²) in [5.41, 5.74) is 7.64. The Kier molecular flexibility index (Phi) is 3.98. The van der Waals surface area contributed by atoms with Gasteiger partial charge in [0.1, 0.15) is 5.00 Å². The van der Waals surface area contributed by atoms with E-state index in [1.165, 1.54) is 16.2 Å². The molecule has 114 valence electrons. The van der Waals surface area contributed by atoms with Gasteiger partial charge >= 0.3 is 0 Å². The number of thiophene rings is 1. The van der Waals surface area contributed by atoms with Crippen LogP contribution in [0, 0.1) is 5.92 Å². The Labute approximate surface area is 133 Å². The number of fused-ring (bicyclic) bond motifs is 1. The number of benzene rings is 1. The van der Waals surface area contributed by atoms with Crippen LogP contribution in [0.25, 0.3) is 0 Å². The van der Waals surface area contributed by atoms with E-state index in [1.54, 1.807) is 12.1 Å². The molecular formula is C17H18N2O2S. The number of primary amides is 1. The van der Waals surface area contributed by atoms with Crippen molar-refractivity contribution in [3.8, 4) is 0 Å². The topological polar surface area (TPSA) is 72.2 Å². The van der Waals surface area contributed by atoms with Crippen molar-refractivity contribution in [1.29, 1.82) is 0 Å². The maximum atomic E-state index is 12.3. The van der Waals surface area contributed by atoms with Gasteiger partial charge in [-0.3, -0.25) is 9.59 Å². The molecule has 0 aliphatic heterocycles. The maximum absolute atomic E-state index is 12.3. The van der Waals surface area contributed by atoms with Crippen LogP contribution in [0.4, 0.5) is 5.00 Å². The van der Waals surface area contributed by atoms with Crippen molar-refractivity contribution in [1.82, 2.24) is 0 Å². The van der Waals surface area contributed by atoms with Gasteiger partial charge in [0, 0.05) is 10.4 Å². The van der Waals surface area contributed by atoms with E-state index in [0.717, 1.165) is 24.8 Å². The minimum atomic E-state index is -0.463. The molecule has 1 atom stereocenters. The Balaban J connectivity index is 1.94. The molecule has 0 unspecified atom stereocenters. The summed E-state index contributed by atoms with van der Waals surface area (Å²) < 4.78 is 0. The molecule has 0 spiro atoms. The molecule has 0 radical (unpaired) electrons. The fraction of sp³-hybridized carbons (Fsp3) is 0.294. The van der Waals surface area contributed by atoms with Crippen LogP contribution in [0.15, 0.2) is 30.3 Å². The number of nitrogens with one attached hydrogen (secondary N) is 1. The number of hydrogen-bond acceptors (Lipinski definition) is 3. The molecule has 22 heavy (non-hydrogen) atoms. The third kappa shape index (κ3) is 2.76. The van der Waals surface area contributed by atoms with E-state index in [-0.39, 0.29) is 5.91 Å². The zero-order valence-corrected chi connectivity index (χ0v) is 13.2. The van der Waals surface area contributed by atoms with Crippen molar-refractivity contribution in [2.75, 3.05) is 5.32 Å². The maximum Gasteiger partial charge on any atom is 0.256 e. The van der Waals surface area contributed by atoms with Crippen LogP contribution in [0.3, 0.4) is 0 Å². The molecule has 0 bridgehead atoms. The van der Waals surface area contributed by atoms with Crippen molar-refractivity contribution in [2.45, 2.75) is 26.2 Å². The molecule has 1 heterocycles. The van der Waals surface area contributed by atoms with Crippen LogP contribution < -0.4 is 11.1 Å². The Morgan fingerprint density at radius 3 is 2.68 bits per heavy atom. The van der Waals surface area contributed by atoms with Crippen LogP contribution in [0.2, 0.25) is 0 Å². The van der Waals surface area contributed by atoms with Gasteiger partial charge < -0.3 is 11.1 Å². The van der Waals surface area contributed by atoms with Crippen LogP contribution in [-0.4, -0.2) is 11.8 Å². The first-order valence-corrected chi connectivity index (χ1v) is 8.18. The van der Waals surface area contributed by atoms with Gasteiger partial charge in [0.2, 0.25) is 0 Å². The molecule has 2 aromatic rings. The van der Waals surface area contributed by atoms with Crippen LogP contribution >= 0.6 is 11.3 Å². The quantitative estimate of drug-likeness (QED) is 0.913. The Hall–Kier alpha value is -2.14. The van der Waals surface area contributed by atoms with E-state index in [4.69, 9.17) is 5.73 Å². The Morgan fingerprint density at radius 2 is 2.00 bits per heavy atom. The van der Waals surface area contributed by atoms with Crippen molar-refractivity contribution in [2.24, 2.45) is 11.7 Å². The Morgan fingerprint density at radius 1 is 1.27 bits per heavy atom. The van der Waals surface area contributed by atoms with Crippen LogP contribution in [0.1, 0.15) is 44.5 Å². The molecule has 1 aliphatic carbocycles. The molecule has 0 fully saturated rings. The van der Waals surface area contributed by atoms with E-state index >= 15 is 0 Å². The minimum absolute atomic E-state index is 0.213. The summed E-state index contributed by atoms with van der Waals surface area (Å²) in [6.45, 7) is 2.20. The number of carbonyl (C=O) groups excluding carboxylic acids is 2. The SMILES string of the molecule is C[C@@H]1CCc2c(sc(NC(=O)c3ccccc3)c2C(N)=O)C1. The lowest BCUT2D eigenvalue weighted by atomic mass is 9.88. The fourth-order valence-electron chi connectivity index (χ4n) is 2.86. The molecule has 4 nitrogen and oxygen atoms in total. The van der Waals surface area contributed by atoms with Gasteiger partial charge in [0.05, 0.1) is 5.56 Å². The summed E-state index contributed by atoms with van der Waals surface area (Å²) in [5.74, 6) is -0.0743. The first-order valence-electron chi connectivity index (χ1n) is 7.37. The molecule has 1 aliphatic rings. The highest BCUT2D eigenvalue weighted by Crippen LogP contribution is 2.39. The fourth-order valence-corrected chi connectivity index (χ4v) is 4.28. The zero-order chi connectivity index (χ0) is 15.7. The minimum Gasteiger partial charge on any atom is -0.365 e. The Bertz CT molecular complexity index is 722. The van der Waals surface area contributed by atoms with Crippen molar-refractivity contribution < 1.29 is 9.59 Å². The number of amides is 2. The summed E-state index contributed by atoms with van der Waals surface area (Å²) >= 11 is 1.48. The average molecular weight is 314 g/mol. The molecule has 2 amide bonds. The number of anilines is 1. The van der Waals surface area contributed by atoms with E-state index in [2.05, 4.69) is 12.2 Å². The first-order chi connectivity index (χ1) is 10.6. The summed E-state index contributed by atoms with van der Waals surface area (Å²) in [7, 11) is 0. The van der Waals surface area contributed by atoms with E-state index < -0.39 is 5.91 Å². The standard InChI is InChI=1S/C17H18N2O2S/c1-10-7-8-12-13(9-10)22-17(14(12)15(18)20)19-16(21)11-5-3-2-4-6-11/h2-6,10H,7-9H2,1H3,(H2,18,20)(H,19,21)/t10-/m1/s1. The average Bonchev–Trinajstić information content (AvgIpc) is 2.85. The second kappa shape index (κ2) is 5.93. The summed E-state index contributed by atoms with van der Waals surface area (Å²) in [6, 6.07) is 8.97. The number of rotatable bonds is 3. The molecule has 3 rings (SSSR count). The number of hydrogen-bond donors (Lipinski definition) is 2. The highest BCUT2D eigenvalue weighted by atomic mass is 32.1. The third-order valence-electron chi connectivity index (χ3n) is 4.02. The number of nitrogens with two attached hydrogens (primary N) is 1. The normalized spacial score (nSPS) is 16.9. The van der Waals surface area contributed by atoms with Gasteiger partial charge in [0.25, 0.3) is 11.8 Å². The van der Waals surface area contributed by atoms with E-state index in [1.807, 2.05) is 18.2 Å². The monoisotopic (exact) mass is 314 g/mol. The van der Waals surface area contributed by atoms with Crippen molar-refractivity contribution in [3.63, 3.8) is 0 Å².